The average Bonchev–Trinajstić information content (AvgIpc) is 3.57. The molecule has 2 aliphatic rings. The van der Waals surface area contributed by atoms with Crippen LogP contribution in [0.3, 0.4) is 0 Å². The zero-order valence-electron chi connectivity index (χ0n) is 20.5. The van der Waals surface area contributed by atoms with Gasteiger partial charge >= 0.3 is 0 Å². The molecule has 1 fully saturated rings. The first kappa shape index (κ1) is 29.3. The SMILES string of the molecule is COc1cccc(OC)c1-[n+]1cc(C2=CCC[C@]23CCC(=O)N3)n(Cc2ccccc2)n1.ClC(Cl)Cl.[Br-]. The number of carbonyl (C=O) groups excluding carboxylic acids is 1. The molecule has 1 amide bonds. The van der Waals surface area contributed by atoms with E-state index in [2.05, 4.69) is 23.5 Å². The van der Waals surface area contributed by atoms with Crippen molar-refractivity contribution in [1.29, 1.82) is 0 Å². The highest BCUT2D eigenvalue weighted by atomic mass is 79.9. The van der Waals surface area contributed by atoms with E-state index in [1.807, 2.05) is 52.0 Å². The lowest BCUT2D eigenvalue weighted by atomic mass is 9.88. The molecule has 1 aromatic heterocycles. The summed E-state index contributed by atoms with van der Waals surface area (Å²) in [6.45, 7) is 0.613. The molecule has 198 valence electrons. The van der Waals surface area contributed by atoms with Crippen LogP contribution in [0.2, 0.25) is 0 Å². The van der Waals surface area contributed by atoms with E-state index in [0.29, 0.717) is 24.5 Å². The van der Waals surface area contributed by atoms with Gasteiger partial charge in [-0.15, -0.1) is 4.68 Å². The second-order valence-corrected chi connectivity index (χ2v) is 10.5. The molecule has 1 aliphatic heterocycles. The molecule has 0 saturated carbocycles. The Kier molecular flexibility index (Phi) is 10.3. The van der Waals surface area contributed by atoms with Crippen molar-refractivity contribution in [3.05, 3.63) is 72.1 Å². The number of ether oxygens (including phenoxy) is 2. The highest BCUT2D eigenvalue weighted by Gasteiger charge is 2.46. The van der Waals surface area contributed by atoms with Crippen molar-refractivity contribution in [3.8, 4) is 17.2 Å². The summed E-state index contributed by atoms with van der Waals surface area (Å²) < 4.78 is 14.3. The lowest BCUT2D eigenvalue weighted by Crippen LogP contribution is -3.00. The quantitative estimate of drug-likeness (QED) is 0.335. The van der Waals surface area contributed by atoms with Crippen molar-refractivity contribution in [2.24, 2.45) is 0 Å². The number of allylic oxidation sites excluding steroid dienone is 1. The standard InChI is InChI=1S/C25H26N4O3.CHCl3.BrH/c1-31-21-11-6-12-22(32-2)24(21)29-17-20(28(27-29)16-18-8-4-3-5-9-18)19-10-7-14-25(19)15-13-23(30)26-25;2-1(3)4;/h3-6,8-12,17H,7,13-16H2,1-2H3;1H;1H/t25-;;/m0../s1. The molecule has 1 N–H and O–H groups in total. The summed E-state index contributed by atoms with van der Waals surface area (Å²) in [5, 5.41) is 8.19. The number of aromatic nitrogens is 3. The third-order valence-corrected chi connectivity index (χ3v) is 6.40. The zero-order chi connectivity index (χ0) is 25.7. The van der Waals surface area contributed by atoms with Crippen LogP contribution in [0.5, 0.6) is 11.5 Å². The highest BCUT2D eigenvalue weighted by Crippen LogP contribution is 2.43. The van der Waals surface area contributed by atoms with Gasteiger partial charge in [0.25, 0.3) is 0 Å². The molecular weight excluding hydrogens is 603 g/mol. The number of hydrogen-bond donors (Lipinski definition) is 1. The number of nitrogens with zero attached hydrogens (tertiary/aromatic N) is 3. The zero-order valence-corrected chi connectivity index (χ0v) is 24.3. The molecule has 2 heterocycles. The van der Waals surface area contributed by atoms with Crippen LogP contribution in [0.1, 0.15) is 36.9 Å². The predicted octanol–water partition coefficient (Wildman–Crippen LogP) is 2.04. The van der Waals surface area contributed by atoms with Crippen molar-refractivity contribution in [3.63, 3.8) is 0 Å². The van der Waals surface area contributed by atoms with Crippen molar-refractivity contribution >= 4 is 46.3 Å². The molecule has 0 bridgehead atoms. The first-order valence-corrected chi connectivity index (χ1v) is 12.9. The Balaban J connectivity index is 0.000000711. The van der Waals surface area contributed by atoms with E-state index >= 15 is 0 Å². The largest absolute Gasteiger partial charge is 1.00 e. The number of benzene rings is 2. The molecule has 3 aromatic rings. The van der Waals surface area contributed by atoms with Gasteiger partial charge in [0.15, 0.2) is 27.7 Å². The van der Waals surface area contributed by atoms with Gasteiger partial charge in [-0.05, 0) is 37.0 Å². The van der Waals surface area contributed by atoms with Crippen LogP contribution in [0.4, 0.5) is 0 Å². The highest BCUT2D eigenvalue weighted by molar-refractivity contribution is 6.63. The molecule has 5 rings (SSSR count). The number of rotatable bonds is 6. The van der Waals surface area contributed by atoms with Crippen LogP contribution in [-0.4, -0.2) is 39.9 Å². The van der Waals surface area contributed by atoms with Gasteiger partial charge < -0.3 is 31.8 Å². The van der Waals surface area contributed by atoms with Gasteiger partial charge in [0.1, 0.15) is 6.54 Å². The van der Waals surface area contributed by atoms with E-state index in [1.165, 1.54) is 0 Å². The van der Waals surface area contributed by atoms with Crippen molar-refractivity contribution in [2.45, 2.75) is 42.1 Å². The summed E-state index contributed by atoms with van der Waals surface area (Å²) in [5.74, 6) is 1.47. The first-order valence-electron chi connectivity index (χ1n) is 11.6. The van der Waals surface area contributed by atoms with Crippen molar-refractivity contribution < 1.29 is 35.9 Å². The average molecular weight is 631 g/mol. The molecule has 0 radical (unpaired) electrons. The van der Waals surface area contributed by atoms with Crippen molar-refractivity contribution in [2.75, 3.05) is 14.2 Å². The first-order chi connectivity index (χ1) is 17.4. The molecule has 37 heavy (non-hydrogen) atoms. The summed E-state index contributed by atoms with van der Waals surface area (Å²) in [6.07, 6.45) is 7.49. The number of halogens is 4. The van der Waals surface area contributed by atoms with Crippen LogP contribution < -0.4 is 36.5 Å². The second-order valence-electron chi connectivity index (χ2n) is 8.54. The number of amides is 1. The minimum atomic E-state index is -0.750. The summed E-state index contributed by atoms with van der Waals surface area (Å²) in [7, 11) is 3.28. The topological polar surface area (TPSA) is 69.3 Å². The maximum absolute atomic E-state index is 12.2. The van der Waals surface area contributed by atoms with Crippen LogP contribution >= 0.6 is 34.8 Å². The lowest BCUT2D eigenvalue weighted by molar-refractivity contribution is -0.662. The number of carbonyl (C=O) groups is 1. The molecule has 1 aliphatic carbocycles. The van der Waals surface area contributed by atoms with Crippen LogP contribution in [0.25, 0.3) is 11.3 Å². The number of nitrogens with one attached hydrogen (secondary N) is 1. The van der Waals surface area contributed by atoms with Gasteiger partial charge in [-0.1, -0.05) is 82.0 Å². The minimum Gasteiger partial charge on any atom is -1.00 e. The van der Waals surface area contributed by atoms with E-state index in [-0.39, 0.29) is 28.4 Å². The van der Waals surface area contributed by atoms with E-state index < -0.39 is 4.30 Å². The molecular formula is C26H28BrCl3N4O3. The number of para-hydroxylation sites is 1. The fourth-order valence-electron chi connectivity index (χ4n) is 4.87. The van der Waals surface area contributed by atoms with Crippen molar-refractivity contribution in [1.82, 2.24) is 15.2 Å². The Bertz CT molecular complexity index is 1230. The monoisotopic (exact) mass is 628 g/mol. The molecule has 1 saturated heterocycles. The molecule has 11 heteroatoms. The fourth-order valence-corrected chi connectivity index (χ4v) is 4.87. The van der Waals surface area contributed by atoms with Crippen LogP contribution in [0.15, 0.2) is 60.8 Å². The van der Waals surface area contributed by atoms with Gasteiger partial charge in [0, 0.05) is 12.0 Å². The van der Waals surface area contributed by atoms with E-state index in [1.54, 1.807) is 14.2 Å². The second kappa shape index (κ2) is 13.0. The Hall–Kier alpha value is -2.26. The molecule has 1 spiro atoms. The third kappa shape index (κ3) is 6.60. The minimum absolute atomic E-state index is 0. The van der Waals surface area contributed by atoms with Gasteiger partial charge in [-0.2, -0.15) is 0 Å². The number of methoxy groups -OCH3 is 2. The molecule has 2 aromatic carbocycles. The smallest absolute Gasteiger partial charge is 0.239 e. The summed E-state index contributed by atoms with van der Waals surface area (Å²) in [6, 6.07) is 15.9. The van der Waals surface area contributed by atoms with E-state index in [4.69, 9.17) is 49.5 Å². The van der Waals surface area contributed by atoms with Crippen LogP contribution in [0, 0.1) is 0 Å². The Morgan fingerprint density at radius 1 is 1.05 bits per heavy atom. The summed E-state index contributed by atoms with van der Waals surface area (Å²) in [4.78, 5) is 12.2. The van der Waals surface area contributed by atoms with Gasteiger partial charge in [-0.25, -0.2) is 0 Å². The number of alkyl halides is 3. The molecule has 0 unspecified atom stereocenters. The Morgan fingerprint density at radius 2 is 1.70 bits per heavy atom. The maximum atomic E-state index is 12.2. The Morgan fingerprint density at radius 3 is 2.27 bits per heavy atom. The van der Waals surface area contributed by atoms with Gasteiger partial charge in [0.2, 0.25) is 11.6 Å². The molecule has 7 nitrogen and oxygen atoms in total. The Labute approximate surface area is 242 Å². The van der Waals surface area contributed by atoms with E-state index in [9.17, 15) is 4.79 Å². The lowest BCUT2D eigenvalue weighted by Gasteiger charge is -2.25. The van der Waals surface area contributed by atoms with Crippen LogP contribution in [-0.2, 0) is 11.3 Å². The van der Waals surface area contributed by atoms with Gasteiger partial charge in [0.05, 0.1) is 25.0 Å². The summed E-state index contributed by atoms with van der Waals surface area (Å²) in [5.41, 5.74) is 3.71. The fraction of sp³-hybridized carbons (Fsp3) is 0.346. The summed E-state index contributed by atoms with van der Waals surface area (Å²) >= 11 is 14.4. The number of hydrogen-bond acceptors (Lipinski definition) is 4. The normalized spacial score (nSPS) is 18.1. The van der Waals surface area contributed by atoms with E-state index in [0.717, 1.165) is 41.8 Å². The predicted molar refractivity (Wildman–Crippen MR) is 141 cm³/mol. The molecule has 1 atom stereocenters. The third-order valence-electron chi connectivity index (χ3n) is 6.40. The van der Waals surface area contributed by atoms with Gasteiger partial charge in [-0.3, -0.25) is 4.79 Å². The maximum Gasteiger partial charge on any atom is 0.239 e.